The van der Waals surface area contributed by atoms with Gasteiger partial charge in [-0.1, -0.05) is 18.2 Å². The van der Waals surface area contributed by atoms with Crippen LogP contribution in [0.5, 0.6) is 0 Å². The van der Waals surface area contributed by atoms with Gasteiger partial charge < -0.3 is 14.9 Å². The van der Waals surface area contributed by atoms with E-state index in [1.165, 1.54) is 0 Å². The van der Waals surface area contributed by atoms with E-state index in [0.29, 0.717) is 12.0 Å². The normalized spacial score (nSPS) is 22.5. The molecule has 1 aromatic heterocycles. The zero-order chi connectivity index (χ0) is 17.6. The predicted octanol–water partition coefficient (Wildman–Crippen LogP) is 2.68. The van der Waals surface area contributed by atoms with Crippen molar-refractivity contribution in [3.05, 3.63) is 35.9 Å². The Bertz CT molecular complexity index is 795. The SMILES string of the molecule is CN(C)c1cc(C(=O)N(CC2CC(O)C2)C2CC2)c2ccccc2n1. The van der Waals surface area contributed by atoms with Crippen molar-refractivity contribution in [3.63, 3.8) is 0 Å². The number of nitrogens with zero attached hydrogens (tertiary/aromatic N) is 3. The molecule has 0 radical (unpaired) electrons. The van der Waals surface area contributed by atoms with Crippen LogP contribution in [0.2, 0.25) is 0 Å². The van der Waals surface area contributed by atoms with Crippen molar-refractivity contribution in [1.29, 1.82) is 0 Å². The highest BCUT2D eigenvalue weighted by Crippen LogP contribution is 2.35. The molecule has 1 N–H and O–H groups in total. The highest BCUT2D eigenvalue weighted by molar-refractivity contribution is 6.07. The molecule has 0 bridgehead atoms. The Morgan fingerprint density at radius 1 is 1.24 bits per heavy atom. The monoisotopic (exact) mass is 339 g/mol. The second kappa shape index (κ2) is 6.30. The molecule has 0 spiro atoms. The summed E-state index contributed by atoms with van der Waals surface area (Å²) >= 11 is 0. The Morgan fingerprint density at radius 3 is 2.60 bits per heavy atom. The molecular formula is C20H25N3O2. The molecular weight excluding hydrogens is 314 g/mol. The molecule has 25 heavy (non-hydrogen) atoms. The fraction of sp³-hybridized carbons (Fsp3) is 0.500. The molecule has 5 nitrogen and oxygen atoms in total. The zero-order valence-corrected chi connectivity index (χ0v) is 14.9. The number of hydrogen-bond donors (Lipinski definition) is 1. The number of carbonyl (C=O) groups excluding carboxylic acids is 1. The number of aromatic nitrogens is 1. The summed E-state index contributed by atoms with van der Waals surface area (Å²) in [5, 5.41) is 10.5. The number of hydrogen-bond acceptors (Lipinski definition) is 4. The van der Waals surface area contributed by atoms with Gasteiger partial charge in [0.2, 0.25) is 0 Å². The van der Waals surface area contributed by atoms with Gasteiger partial charge in [-0.05, 0) is 43.7 Å². The average Bonchev–Trinajstić information content (AvgIpc) is 3.40. The van der Waals surface area contributed by atoms with Gasteiger partial charge in [0.1, 0.15) is 5.82 Å². The number of benzene rings is 1. The summed E-state index contributed by atoms with van der Waals surface area (Å²) in [5.74, 6) is 1.34. The third kappa shape index (κ3) is 3.21. The van der Waals surface area contributed by atoms with Crippen LogP contribution in [0.25, 0.3) is 10.9 Å². The quantitative estimate of drug-likeness (QED) is 0.910. The zero-order valence-electron chi connectivity index (χ0n) is 14.9. The van der Waals surface area contributed by atoms with Gasteiger partial charge in [0.15, 0.2) is 0 Å². The van der Waals surface area contributed by atoms with E-state index in [1.54, 1.807) is 0 Å². The molecule has 0 atom stereocenters. The van der Waals surface area contributed by atoms with Crippen LogP contribution < -0.4 is 4.90 Å². The number of fused-ring (bicyclic) bond motifs is 1. The first-order valence-corrected chi connectivity index (χ1v) is 9.09. The number of rotatable bonds is 5. The Kier molecular flexibility index (Phi) is 4.12. The lowest BCUT2D eigenvalue weighted by Crippen LogP contribution is -2.42. The first-order chi connectivity index (χ1) is 12.0. The highest BCUT2D eigenvalue weighted by atomic mass is 16.3. The molecule has 2 aromatic rings. The summed E-state index contributed by atoms with van der Waals surface area (Å²) in [7, 11) is 3.89. The third-order valence-electron chi connectivity index (χ3n) is 5.31. The van der Waals surface area contributed by atoms with Crippen LogP contribution in [0.1, 0.15) is 36.0 Å². The van der Waals surface area contributed by atoms with Gasteiger partial charge in [0.05, 0.1) is 17.2 Å². The van der Waals surface area contributed by atoms with Crippen LogP contribution in [0.4, 0.5) is 5.82 Å². The van der Waals surface area contributed by atoms with Crippen molar-refractivity contribution in [2.24, 2.45) is 5.92 Å². The molecule has 2 saturated carbocycles. The average molecular weight is 339 g/mol. The van der Waals surface area contributed by atoms with Crippen molar-refractivity contribution in [1.82, 2.24) is 9.88 Å². The van der Waals surface area contributed by atoms with Gasteiger partial charge >= 0.3 is 0 Å². The van der Waals surface area contributed by atoms with Crippen LogP contribution in [-0.2, 0) is 0 Å². The summed E-state index contributed by atoms with van der Waals surface area (Å²) in [6, 6.07) is 10.1. The molecule has 4 rings (SSSR count). The standard InChI is InChI=1S/C20H25N3O2/c1-22(2)19-11-17(16-5-3-4-6-18(16)21-19)20(25)23(14-7-8-14)12-13-9-15(24)10-13/h3-6,11,13-15,24H,7-10,12H2,1-2H3. The number of pyridine rings is 1. The molecule has 1 heterocycles. The number of aliphatic hydroxyl groups excluding tert-OH is 1. The van der Waals surface area contributed by atoms with Gasteiger partial charge in [-0.2, -0.15) is 0 Å². The summed E-state index contributed by atoms with van der Waals surface area (Å²) in [6.07, 6.45) is 3.63. The van der Waals surface area contributed by atoms with Crippen molar-refractivity contribution in [3.8, 4) is 0 Å². The molecule has 132 valence electrons. The summed E-state index contributed by atoms with van der Waals surface area (Å²) < 4.78 is 0. The predicted molar refractivity (Wildman–Crippen MR) is 98.9 cm³/mol. The number of aliphatic hydroxyl groups is 1. The lowest BCUT2D eigenvalue weighted by atomic mass is 9.82. The minimum Gasteiger partial charge on any atom is -0.393 e. The molecule has 0 unspecified atom stereocenters. The number of carbonyl (C=O) groups is 1. The van der Waals surface area contributed by atoms with Crippen molar-refractivity contribution >= 4 is 22.6 Å². The maximum Gasteiger partial charge on any atom is 0.254 e. The lowest BCUT2D eigenvalue weighted by molar-refractivity contribution is 0.0215. The smallest absolute Gasteiger partial charge is 0.254 e. The summed E-state index contributed by atoms with van der Waals surface area (Å²) in [4.78, 5) is 22.0. The van der Waals surface area contributed by atoms with Crippen LogP contribution in [0.3, 0.4) is 0 Å². The van der Waals surface area contributed by atoms with E-state index in [0.717, 1.165) is 54.5 Å². The number of anilines is 1. The maximum absolute atomic E-state index is 13.4. The van der Waals surface area contributed by atoms with Crippen molar-refractivity contribution in [2.45, 2.75) is 37.8 Å². The van der Waals surface area contributed by atoms with E-state index < -0.39 is 0 Å². The van der Waals surface area contributed by atoms with Crippen molar-refractivity contribution in [2.75, 3.05) is 25.5 Å². The second-order valence-electron chi connectivity index (χ2n) is 7.62. The van der Waals surface area contributed by atoms with E-state index >= 15 is 0 Å². The molecule has 2 fully saturated rings. The van der Waals surface area contributed by atoms with Crippen LogP contribution in [0.15, 0.2) is 30.3 Å². The first-order valence-electron chi connectivity index (χ1n) is 9.09. The van der Waals surface area contributed by atoms with E-state index in [1.807, 2.05) is 54.2 Å². The van der Waals surface area contributed by atoms with Gasteiger partial charge in [-0.25, -0.2) is 4.98 Å². The third-order valence-corrected chi connectivity index (χ3v) is 5.31. The first kappa shape index (κ1) is 16.3. The largest absolute Gasteiger partial charge is 0.393 e. The van der Waals surface area contributed by atoms with Crippen LogP contribution in [0, 0.1) is 5.92 Å². The van der Waals surface area contributed by atoms with Crippen molar-refractivity contribution < 1.29 is 9.90 Å². The van der Waals surface area contributed by atoms with E-state index in [9.17, 15) is 9.90 Å². The minimum atomic E-state index is -0.178. The molecule has 1 aromatic carbocycles. The topological polar surface area (TPSA) is 56.7 Å². The van der Waals surface area contributed by atoms with Gasteiger partial charge in [-0.15, -0.1) is 0 Å². The van der Waals surface area contributed by atoms with Crippen LogP contribution >= 0.6 is 0 Å². The Hall–Kier alpha value is -2.14. The Labute approximate surface area is 148 Å². The summed E-state index contributed by atoms with van der Waals surface area (Å²) in [5.41, 5.74) is 1.59. The Morgan fingerprint density at radius 2 is 1.96 bits per heavy atom. The highest BCUT2D eigenvalue weighted by Gasteiger charge is 2.38. The van der Waals surface area contributed by atoms with E-state index in [4.69, 9.17) is 0 Å². The van der Waals surface area contributed by atoms with Gasteiger partial charge in [0, 0.05) is 32.1 Å². The molecule has 0 aliphatic heterocycles. The fourth-order valence-corrected chi connectivity index (χ4v) is 3.63. The Balaban J connectivity index is 1.69. The molecule has 2 aliphatic rings. The summed E-state index contributed by atoms with van der Waals surface area (Å²) in [6.45, 7) is 0.758. The second-order valence-corrected chi connectivity index (χ2v) is 7.62. The molecule has 2 aliphatic carbocycles. The van der Waals surface area contributed by atoms with E-state index in [-0.39, 0.29) is 12.0 Å². The minimum absolute atomic E-state index is 0.102. The number of para-hydroxylation sites is 1. The van der Waals surface area contributed by atoms with Crippen LogP contribution in [-0.4, -0.2) is 53.7 Å². The maximum atomic E-state index is 13.4. The van der Waals surface area contributed by atoms with Gasteiger partial charge in [-0.3, -0.25) is 4.79 Å². The fourth-order valence-electron chi connectivity index (χ4n) is 3.63. The van der Waals surface area contributed by atoms with E-state index in [2.05, 4.69) is 4.98 Å². The molecule has 5 heteroatoms. The lowest BCUT2D eigenvalue weighted by Gasteiger charge is -2.36. The molecule has 0 saturated heterocycles. The number of amides is 1. The molecule has 1 amide bonds. The van der Waals surface area contributed by atoms with Gasteiger partial charge in [0.25, 0.3) is 5.91 Å².